The first-order valence-corrected chi connectivity index (χ1v) is 8.89. The van der Waals surface area contributed by atoms with Crippen molar-refractivity contribution in [2.24, 2.45) is 0 Å². The summed E-state index contributed by atoms with van der Waals surface area (Å²) >= 11 is 1.45. The molecule has 0 bridgehead atoms. The Morgan fingerprint density at radius 2 is 1.88 bits per heavy atom. The molecule has 1 aromatic heterocycles. The number of thiazole rings is 1. The Kier molecular flexibility index (Phi) is 5.35. The minimum Gasteiger partial charge on any atom is -0.497 e. The van der Waals surface area contributed by atoms with E-state index >= 15 is 0 Å². The van der Waals surface area contributed by atoms with Crippen LogP contribution in [-0.2, 0) is 0 Å². The van der Waals surface area contributed by atoms with Crippen molar-refractivity contribution in [3.8, 4) is 28.8 Å². The van der Waals surface area contributed by atoms with E-state index in [0.29, 0.717) is 22.1 Å². The molecule has 3 rings (SSSR count). The van der Waals surface area contributed by atoms with E-state index in [1.54, 1.807) is 20.3 Å². The van der Waals surface area contributed by atoms with Crippen molar-refractivity contribution < 1.29 is 9.47 Å². The van der Waals surface area contributed by atoms with Gasteiger partial charge in [0.05, 0.1) is 25.5 Å². The molecule has 0 fully saturated rings. The first-order valence-electron chi connectivity index (χ1n) is 8.01. The smallest absolute Gasteiger partial charge is 0.134 e. The Balaban J connectivity index is 1.99. The quantitative estimate of drug-likeness (QED) is 0.585. The Labute approximate surface area is 157 Å². The molecule has 2 aromatic carbocycles. The molecule has 0 saturated carbocycles. The van der Waals surface area contributed by atoms with Crippen LogP contribution >= 0.6 is 11.3 Å². The Morgan fingerprint density at radius 1 is 1.12 bits per heavy atom. The highest BCUT2D eigenvalue weighted by atomic mass is 32.1. The summed E-state index contributed by atoms with van der Waals surface area (Å²) in [5.74, 6) is 1.38. The molecule has 4 nitrogen and oxygen atoms in total. The van der Waals surface area contributed by atoms with E-state index in [2.05, 4.69) is 23.2 Å². The topological polar surface area (TPSA) is 55.1 Å². The molecule has 0 unspecified atom stereocenters. The van der Waals surface area contributed by atoms with Gasteiger partial charge in [-0.2, -0.15) is 5.26 Å². The predicted octanol–water partition coefficient (Wildman–Crippen LogP) is 5.20. The monoisotopic (exact) mass is 362 g/mol. The molecule has 0 spiro atoms. The van der Waals surface area contributed by atoms with Gasteiger partial charge in [0.15, 0.2) is 0 Å². The SMILES string of the molecule is COc1ccc(OC)c(C=C(C#N)c2nc(-c3ccc(C)cc3)cs2)c1. The van der Waals surface area contributed by atoms with Crippen LogP contribution in [0.15, 0.2) is 47.8 Å². The Bertz CT molecular complexity index is 982. The summed E-state index contributed by atoms with van der Waals surface area (Å²) in [5.41, 5.74) is 4.36. The fourth-order valence-electron chi connectivity index (χ4n) is 2.50. The molecule has 130 valence electrons. The number of nitrogens with zero attached hydrogens (tertiary/aromatic N) is 2. The van der Waals surface area contributed by atoms with Crippen molar-refractivity contribution in [3.05, 3.63) is 64.0 Å². The van der Waals surface area contributed by atoms with E-state index in [4.69, 9.17) is 9.47 Å². The van der Waals surface area contributed by atoms with E-state index in [0.717, 1.165) is 16.8 Å². The number of hydrogen-bond donors (Lipinski definition) is 0. The van der Waals surface area contributed by atoms with Crippen molar-refractivity contribution in [2.75, 3.05) is 14.2 Å². The second-order valence-electron chi connectivity index (χ2n) is 5.68. The van der Waals surface area contributed by atoms with Gasteiger partial charge in [-0.05, 0) is 31.2 Å². The second-order valence-corrected chi connectivity index (χ2v) is 6.54. The highest BCUT2D eigenvalue weighted by molar-refractivity contribution is 7.11. The number of benzene rings is 2. The standard InChI is InChI=1S/C21H18N2O2S/c1-14-4-6-15(7-5-14)19-13-26-21(23-19)17(12-22)10-16-11-18(24-2)8-9-20(16)25-3/h4-11,13H,1-3H3. The second kappa shape index (κ2) is 7.85. The highest BCUT2D eigenvalue weighted by Crippen LogP contribution is 2.31. The number of rotatable bonds is 5. The number of hydrogen-bond acceptors (Lipinski definition) is 5. The lowest BCUT2D eigenvalue weighted by Gasteiger charge is -2.07. The third-order valence-corrected chi connectivity index (χ3v) is 4.81. The average Bonchev–Trinajstić information content (AvgIpc) is 3.16. The van der Waals surface area contributed by atoms with E-state index in [9.17, 15) is 5.26 Å². The highest BCUT2D eigenvalue weighted by Gasteiger charge is 2.11. The van der Waals surface area contributed by atoms with Gasteiger partial charge in [-0.25, -0.2) is 4.98 Å². The van der Waals surface area contributed by atoms with E-state index in [1.165, 1.54) is 16.9 Å². The van der Waals surface area contributed by atoms with Gasteiger partial charge >= 0.3 is 0 Å². The maximum atomic E-state index is 9.62. The molecule has 0 N–H and O–H groups in total. The lowest BCUT2D eigenvalue weighted by atomic mass is 10.1. The van der Waals surface area contributed by atoms with Crippen LogP contribution < -0.4 is 9.47 Å². The summed E-state index contributed by atoms with van der Waals surface area (Å²) in [4.78, 5) is 4.63. The average molecular weight is 362 g/mol. The Morgan fingerprint density at radius 3 is 2.54 bits per heavy atom. The zero-order chi connectivity index (χ0) is 18.5. The molecule has 3 aromatic rings. The van der Waals surface area contributed by atoms with Gasteiger partial charge in [-0.15, -0.1) is 11.3 Å². The lowest BCUT2D eigenvalue weighted by Crippen LogP contribution is -1.90. The van der Waals surface area contributed by atoms with Gasteiger partial charge in [0.25, 0.3) is 0 Å². The summed E-state index contributed by atoms with van der Waals surface area (Å²) in [5, 5.41) is 12.3. The van der Waals surface area contributed by atoms with Crippen molar-refractivity contribution >= 4 is 23.0 Å². The summed E-state index contributed by atoms with van der Waals surface area (Å²) < 4.78 is 10.7. The molecule has 0 amide bonds. The van der Waals surface area contributed by atoms with E-state index < -0.39 is 0 Å². The number of ether oxygens (including phenoxy) is 2. The fourth-order valence-corrected chi connectivity index (χ4v) is 3.30. The summed E-state index contributed by atoms with van der Waals surface area (Å²) in [6.07, 6.45) is 1.78. The summed E-state index contributed by atoms with van der Waals surface area (Å²) in [6, 6.07) is 15.9. The third-order valence-electron chi connectivity index (χ3n) is 3.94. The number of allylic oxidation sites excluding steroid dienone is 1. The van der Waals surface area contributed by atoms with Crippen LogP contribution in [0.2, 0.25) is 0 Å². The van der Waals surface area contributed by atoms with Crippen molar-refractivity contribution in [1.82, 2.24) is 4.98 Å². The summed E-state index contributed by atoms with van der Waals surface area (Å²) in [6.45, 7) is 2.05. The summed E-state index contributed by atoms with van der Waals surface area (Å²) in [7, 11) is 3.21. The molecular weight excluding hydrogens is 344 g/mol. The number of nitriles is 1. The van der Waals surface area contributed by atoms with Crippen LogP contribution in [-0.4, -0.2) is 19.2 Å². The van der Waals surface area contributed by atoms with Crippen molar-refractivity contribution in [2.45, 2.75) is 6.92 Å². The van der Waals surface area contributed by atoms with Gasteiger partial charge in [-0.1, -0.05) is 29.8 Å². The first-order chi connectivity index (χ1) is 12.6. The maximum Gasteiger partial charge on any atom is 0.134 e. The Hall–Kier alpha value is -3.10. The molecular formula is C21H18N2O2S. The lowest BCUT2D eigenvalue weighted by molar-refractivity contribution is 0.402. The molecule has 0 radical (unpaired) electrons. The van der Waals surface area contributed by atoms with Crippen LogP contribution in [0.3, 0.4) is 0 Å². The zero-order valence-electron chi connectivity index (χ0n) is 14.8. The van der Waals surface area contributed by atoms with Gasteiger partial charge in [-0.3, -0.25) is 0 Å². The first kappa shape index (κ1) is 17.7. The maximum absolute atomic E-state index is 9.62. The fraction of sp³-hybridized carbons (Fsp3) is 0.143. The van der Waals surface area contributed by atoms with Crippen LogP contribution in [0.4, 0.5) is 0 Å². The molecule has 0 saturated heterocycles. The van der Waals surface area contributed by atoms with Gasteiger partial charge in [0.2, 0.25) is 0 Å². The molecule has 5 heteroatoms. The van der Waals surface area contributed by atoms with Crippen LogP contribution in [0.5, 0.6) is 11.5 Å². The normalized spacial score (nSPS) is 11.1. The van der Waals surface area contributed by atoms with Crippen LogP contribution in [0, 0.1) is 18.3 Å². The molecule has 0 aliphatic carbocycles. The van der Waals surface area contributed by atoms with Gasteiger partial charge < -0.3 is 9.47 Å². The van der Waals surface area contributed by atoms with Gasteiger partial charge in [0, 0.05) is 16.5 Å². The van der Waals surface area contributed by atoms with Crippen molar-refractivity contribution in [3.63, 3.8) is 0 Å². The molecule has 1 heterocycles. The number of aromatic nitrogens is 1. The van der Waals surface area contributed by atoms with E-state index in [1.807, 2.05) is 42.6 Å². The van der Waals surface area contributed by atoms with Crippen LogP contribution in [0.25, 0.3) is 22.9 Å². The third kappa shape index (κ3) is 3.76. The van der Waals surface area contributed by atoms with Crippen LogP contribution in [0.1, 0.15) is 16.1 Å². The minimum absolute atomic E-state index is 0.486. The molecule has 0 atom stereocenters. The molecule has 0 aliphatic rings. The van der Waals surface area contributed by atoms with Gasteiger partial charge in [0.1, 0.15) is 22.6 Å². The van der Waals surface area contributed by atoms with E-state index in [-0.39, 0.29) is 0 Å². The predicted molar refractivity (Wildman–Crippen MR) is 105 cm³/mol. The minimum atomic E-state index is 0.486. The number of aryl methyl sites for hydroxylation is 1. The zero-order valence-corrected chi connectivity index (χ0v) is 15.6. The van der Waals surface area contributed by atoms with Crippen molar-refractivity contribution in [1.29, 1.82) is 5.26 Å². The molecule has 0 aliphatic heterocycles. The largest absolute Gasteiger partial charge is 0.497 e. The number of methoxy groups -OCH3 is 2. The molecule has 26 heavy (non-hydrogen) atoms.